The lowest BCUT2D eigenvalue weighted by molar-refractivity contribution is -0.120. The van der Waals surface area contributed by atoms with Gasteiger partial charge in [0, 0.05) is 16.8 Å². The van der Waals surface area contributed by atoms with E-state index in [1.54, 1.807) is 11.3 Å². The highest BCUT2D eigenvalue weighted by Crippen LogP contribution is 2.14. The molecule has 0 fully saturated rings. The van der Waals surface area contributed by atoms with Crippen molar-refractivity contribution in [2.24, 2.45) is 11.1 Å². The van der Waals surface area contributed by atoms with Crippen LogP contribution >= 0.6 is 23.6 Å². The van der Waals surface area contributed by atoms with Crippen LogP contribution in [0.3, 0.4) is 0 Å². The summed E-state index contributed by atoms with van der Waals surface area (Å²) in [6.45, 7) is 4.31. The summed E-state index contributed by atoms with van der Waals surface area (Å²) in [5, 5.41) is 4.80. The van der Waals surface area contributed by atoms with E-state index in [0.717, 1.165) is 4.88 Å². The first-order valence-electron chi connectivity index (χ1n) is 5.01. The number of thiocarbonyl (C=S) groups is 1. The van der Waals surface area contributed by atoms with Crippen molar-refractivity contribution < 1.29 is 4.79 Å². The first kappa shape index (κ1) is 13.1. The normalized spacial score (nSPS) is 11.1. The monoisotopic (exact) mass is 256 g/mol. The summed E-state index contributed by atoms with van der Waals surface area (Å²) in [5.41, 5.74) is 5.24. The molecule has 0 spiro atoms. The van der Waals surface area contributed by atoms with E-state index in [1.165, 1.54) is 0 Å². The Balaban J connectivity index is 2.39. The van der Waals surface area contributed by atoms with Crippen LogP contribution in [0.2, 0.25) is 0 Å². The second-order valence-electron chi connectivity index (χ2n) is 4.28. The van der Waals surface area contributed by atoms with Crippen LogP contribution in [-0.4, -0.2) is 17.4 Å². The highest BCUT2D eigenvalue weighted by Gasteiger charge is 2.21. The van der Waals surface area contributed by atoms with Crippen LogP contribution in [0.5, 0.6) is 0 Å². The van der Waals surface area contributed by atoms with Gasteiger partial charge in [-0.1, -0.05) is 32.1 Å². The molecule has 0 bridgehead atoms. The van der Waals surface area contributed by atoms with Crippen LogP contribution in [0.1, 0.15) is 18.7 Å². The molecule has 88 valence electrons. The second kappa shape index (κ2) is 5.41. The van der Waals surface area contributed by atoms with Gasteiger partial charge in [0.1, 0.15) is 0 Å². The van der Waals surface area contributed by atoms with E-state index in [9.17, 15) is 4.79 Å². The van der Waals surface area contributed by atoms with E-state index in [-0.39, 0.29) is 11.3 Å². The molecule has 1 rings (SSSR count). The molecule has 0 aliphatic rings. The van der Waals surface area contributed by atoms with E-state index >= 15 is 0 Å². The maximum Gasteiger partial charge on any atom is 0.225 e. The van der Waals surface area contributed by atoms with Crippen LogP contribution in [0.25, 0.3) is 0 Å². The van der Waals surface area contributed by atoms with Gasteiger partial charge in [0.15, 0.2) is 0 Å². The Labute approximate surface area is 105 Å². The van der Waals surface area contributed by atoms with Crippen molar-refractivity contribution in [2.75, 3.05) is 6.54 Å². The van der Waals surface area contributed by atoms with Gasteiger partial charge in [0.25, 0.3) is 0 Å². The zero-order valence-electron chi connectivity index (χ0n) is 9.45. The molecule has 0 aliphatic heterocycles. The fourth-order valence-corrected chi connectivity index (χ4v) is 1.82. The highest BCUT2D eigenvalue weighted by atomic mass is 32.1. The van der Waals surface area contributed by atoms with Gasteiger partial charge in [-0.05, 0) is 11.4 Å². The van der Waals surface area contributed by atoms with Crippen molar-refractivity contribution in [3.8, 4) is 0 Å². The molecule has 0 unspecified atom stereocenters. The van der Waals surface area contributed by atoms with Gasteiger partial charge in [-0.25, -0.2) is 0 Å². The molecule has 1 heterocycles. The second-order valence-corrected chi connectivity index (χ2v) is 5.75. The molecule has 16 heavy (non-hydrogen) atoms. The van der Waals surface area contributed by atoms with Crippen LogP contribution in [0.4, 0.5) is 0 Å². The lowest BCUT2D eigenvalue weighted by atomic mass is 9.93. The van der Waals surface area contributed by atoms with E-state index in [2.05, 4.69) is 5.32 Å². The van der Waals surface area contributed by atoms with Crippen LogP contribution < -0.4 is 11.1 Å². The lowest BCUT2D eigenvalue weighted by Gasteiger charge is -2.23. The highest BCUT2D eigenvalue weighted by molar-refractivity contribution is 7.80. The Morgan fingerprint density at radius 2 is 2.31 bits per heavy atom. The Kier molecular flexibility index (Phi) is 4.44. The van der Waals surface area contributed by atoms with E-state index in [4.69, 9.17) is 18.0 Å². The number of thiophene rings is 1. The fraction of sp³-hybridized carbons (Fsp3) is 0.455. The molecule has 0 saturated carbocycles. The van der Waals surface area contributed by atoms with E-state index < -0.39 is 0 Å². The van der Waals surface area contributed by atoms with Gasteiger partial charge >= 0.3 is 0 Å². The first-order valence-corrected chi connectivity index (χ1v) is 6.29. The van der Waals surface area contributed by atoms with Crippen molar-refractivity contribution >= 4 is 34.5 Å². The summed E-state index contributed by atoms with van der Waals surface area (Å²) in [6, 6.07) is 3.88. The minimum atomic E-state index is -0.333. The third-order valence-corrected chi connectivity index (χ3v) is 3.74. The van der Waals surface area contributed by atoms with Gasteiger partial charge in [0.05, 0.1) is 11.4 Å². The number of hydrogen-bond acceptors (Lipinski definition) is 3. The third kappa shape index (κ3) is 3.90. The van der Waals surface area contributed by atoms with Crippen LogP contribution in [-0.2, 0) is 11.2 Å². The molecule has 0 aliphatic carbocycles. The summed E-state index contributed by atoms with van der Waals surface area (Å²) < 4.78 is 0. The predicted molar refractivity (Wildman–Crippen MR) is 71.6 cm³/mol. The molecular weight excluding hydrogens is 240 g/mol. The van der Waals surface area contributed by atoms with Crippen molar-refractivity contribution in [3.63, 3.8) is 0 Å². The zero-order valence-corrected chi connectivity index (χ0v) is 11.1. The standard InChI is InChI=1S/C11H16N2OS2/c1-11(2,10(12)15)7-13-9(14)6-8-4-3-5-16-8/h3-5H,6-7H2,1-2H3,(H2,12,15)(H,13,14). The van der Waals surface area contributed by atoms with Gasteiger partial charge in [0.2, 0.25) is 5.91 Å². The smallest absolute Gasteiger partial charge is 0.225 e. The van der Waals surface area contributed by atoms with Crippen molar-refractivity contribution in [2.45, 2.75) is 20.3 Å². The summed E-state index contributed by atoms with van der Waals surface area (Å²) in [5.74, 6) is 0.00627. The number of amides is 1. The summed E-state index contributed by atoms with van der Waals surface area (Å²) in [6.07, 6.45) is 0.422. The Bertz CT molecular complexity index is 371. The Morgan fingerprint density at radius 1 is 1.62 bits per heavy atom. The molecular formula is C11H16N2OS2. The topological polar surface area (TPSA) is 55.1 Å². The molecule has 3 nitrogen and oxygen atoms in total. The summed E-state index contributed by atoms with van der Waals surface area (Å²) >= 11 is 6.51. The van der Waals surface area contributed by atoms with Gasteiger partial charge in [-0.3, -0.25) is 4.79 Å². The summed E-state index contributed by atoms with van der Waals surface area (Å²) in [4.78, 5) is 13.1. The molecule has 1 aromatic rings. The molecule has 0 saturated heterocycles. The van der Waals surface area contributed by atoms with Crippen molar-refractivity contribution in [1.82, 2.24) is 5.32 Å². The molecule has 5 heteroatoms. The zero-order chi connectivity index (χ0) is 12.2. The van der Waals surface area contributed by atoms with Gasteiger partial charge in [-0.15, -0.1) is 11.3 Å². The predicted octanol–water partition coefficient (Wildman–Crippen LogP) is 1.72. The molecule has 3 N–H and O–H groups in total. The average molecular weight is 256 g/mol. The van der Waals surface area contributed by atoms with Gasteiger partial charge < -0.3 is 11.1 Å². The molecule has 0 aromatic carbocycles. The van der Waals surface area contributed by atoms with Crippen molar-refractivity contribution in [1.29, 1.82) is 0 Å². The number of nitrogens with one attached hydrogen (secondary N) is 1. The van der Waals surface area contributed by atoms with Crippen LogP contribution in [0, 0.1) is 5.41 Å². The van der Waals surface area contributed by atoms with E-state index in [0.29, 0.717) is 18.0 Å². The minimum Gasteiger partial charge on any atom is -0.393 e. The fourth-order valence-electron chi connectivity index (χ4n) is 1.04. The average Bonchev–Trinajstić information content (AvgIpc) is 2.67. The quantitative estimate of drug-likeness (QED) is 0.789. The first-order chi connectivity index (χ1) is 7.42. The molecule has 0 atom stereocenters. The Hall–Kier alpha value is -0.940. The van der Waals surface area contributed by atoms with E-state index in [1.807, 2.05) is 31.4 Å². The lowest BCUT2D eigenvalue weighted by Crippen LogP contribution is -2.41. The SMILES string of the molecule is CC(C)(CNC(=O)Cc1cccs1)C(N)=S. The molecule has 1 aromatic heterocycles. The van der Waals surface area contributed by atoms with Crippen LogP contribution in [0.15, 0.2) is 17.5 Å². The number of rotatable bonds is 5. The number of hydrogen-bond donors (Lipinski definition) is 2. The molecule has 0 radical (unpaired) electrons. The largest absolute Gasteiger partial charge is 0.393 e. The number of carbonyl (C=O) groups excluding carboxylic acids is 1. The maximum atomic E-state index is 11.6. The number of carbonyl (C=O) groups is 1. The third-order valence-electron chi connectivity index (χ3n) is 2.31. The summed E-state index contributed by atoms with van der Waals surface area (Å²) in [7, 11) is 0. The van der Waals surface area contributed by atoms with Crippen molar-refractivity contribution in [3.05, 3.63) is 22.4 Å². The Morgan fingerprint density at radius 3 is 2.81 bits per heavy atom. The minimum absolute atomic E-state index is 0.00627. The maximum absolute atomic E-state index is 11.6. The number of nitrogens with two attached hydrogens (primary N) is 1. The van der Waals surface area contributed by atoms with Gasteiger partial charge in [-0.2, -0.15) is 0 Å². The molecule has 1 amide bonds.